The van der Waals surface area contributed by atoms with Gasteiger partial charge in [-0.1, -0.05) is 66.7 Å². The zero-order valence-corrected chi connectivity index (χ0v) is 22.3. The van der Waals surface area contributed by atoms with Crippen molar-refractivity contribution in [1.82, 2.24) is 24.5 Å². The number of fused-ring (bicyclic) bond motifs is 7. The molecule has 6 nitrogen and oxygen atoms in total. The molecular formula is C34H19N5OS. The lowest BCUT2D eigenvalue weighted by Gasteiger charge is -2.11. The first-order valence-corrected chi connectivity index (χ1v) is 14.2. The van der Waals surface area contributed by atoms with Crippen molar-refractivity contribution >= 4 is 65.3 Å². The molecule has 7 heteroatoms. The fourth-order valence-corrected chi connectivity index (χ4v) is 6.58. The van der Waals surface area contributed by atoms with E-state index in [2.05, 4.69) is 70.2 Å². The van der Waals surface area contributed by atoms with Crippen LogP contribution in [0.4, 0.5) is 0 Å². The van der Waals surface area contributed by atoms with Crippen LogP contribution in [0.1, 0.15) is 0 Å². The Bertz CT molecular complexity index is 2400. The molecule has 0 fully saturated rings. The van der Waals surface area contributed by atoms with Gasteiger partial charge in [-0.25, -0.2) is 9.97 Å². The average Bonchev–Trinajstić information content (AvgIpc) is 3.74. The fraction of sp³-hybridized carbons (Fsp3) is 0. The van der Waals surface area contributed by atoms with Crippen molar-refractivity contribution in [3.8, 4) is 28.7 Å². The van der Waals surface area contributed by atoms with Gasteiger partial charge in [-0.05, 0) is 42.5 Å². The summed E-state index contributed by atoms with van der Waals surface area (Å²) in [6.07, 6.45) is 0. The normalized spacial score (nSPS) is 11.9. The van der Waals surface area contributed by atoms with Crippen LogP contribution >= 0.6 is 11.3 Å². The summed E-state index contributed by atoms with van der Waals surface area (Å²) in [4.78, 5) is 19.7. The van der Waals surface area contributed by atoms with E-state index in [4.69, 9.17) is 19.4 Å². The third-order valence-corrected chi connectivity index (χ3v) is 8.51. The Labute approximate surface area is 237 Å². The van der Waals surface area contributed by atoms with Gasteiger partial charge in [0, 0.05) is 32.7 Å². The van der Waals surface area contributed by atoms with Crippen molar-refractivity contribution < 1.29 is 4.42 Å². The molecule has 0 atom stereocenters. The number of thiazole rings is 1. The Balaban J connectivity index is 1.35. The molecule has 41 heavy (non-hydrogen) atoms. The maximum atomic E-state index is 6.21. The van der Waals surface area contributed by atoms with Crippen molar-refractivity contribution in [2.75, 3.05) is 0 Å². The minimum atomic E-state index is 0.564. The van der Waals surface area contributed by atoms with E-state index in [1.807, 2.05) is 54.0 Å². The lowest BCUT2D eigenvalue weighted by molar-refractivity contribution is 0.669. The topological polar surface area (TPSA) is 69.6 Å². The quantitative estimate of drug-likeness (QED) is 0.222. The molecule has 0 aliphatic heterocycles. The van der Waals surface area contributed by atoms with Crippen molar-refractivity contribution in [3.63, 3.8) is 0 Å². The van der Waals surface area contributed by atoms with E-state index >= 15 is 0 Å². The number of furan rings is 1. The zero-order valence-electron chi connectivity index (χ0n) is 21.5. The summed E-state index contributed by atoms with van der Waals surface area (Å²) in [7, 11) is 0. The van der Waals surface area contributed by atoms with Crippen LogP contribution in [-0.4, -0.2) is 24.5 Å². The smallest absolute Gasteiger partial charge is 0.238 e. The number of rotatable bonds is 3. The maximum Gasteiger partial charge on any atom is 0.238 e. The summed E-state index contributed by atoms with van der Waals surface area (Å²) in [5.41, 5.74) is 8.32. The van der Waals surface area contributed by atoms with E-state index in [0.29, 0.717) is 17.6 Å². The summed E-state index contributed by atoms with van der Waals surface area (Å²) in [6.45, 7) is 0. The summed E-state index contributed by atoms with van der Waals surface area (Å²) >= 11 is 1.59. The molecule has 0 radical (unpaired) electrons. The van der Waals surface area contributed by atoms with E-state index < -0.39 is 0 Å². The van der Waals surface area contributed by atoms with E-state index in [1.165, 1.54) is 0 Å². The molecule has 4 aromatic heterocycles. The zero-order chi connectivity index (χ0) is 26.9. The molecule has 192 valence electrons. The second-order valence-corrected chi connectivity index (χ2v) is 10.8. The Hall–Kier alpha value is -5.40. The van der Waals surface area contributed by atoms with Crippen LogP contribution in [0, 0.1) is 0 Å². The number of nitrogens with zero attached hydrogens (tertiary/aromatic N) is 5. The van der Waals surface area contributed by atoms with E-state index in [-0.39, 0.29) is 0 Å². The second kappa shape index (κ2) is 8.55. The molecule has 0 bridgehead atoms. The van der Waals surface area contributed by atoms with Gasteiger partial charge in [0.25, 0.3) is 0 Å². The van der Waals surface area contributed by atoms with Gasteiger partial charge in [0.05, 0.1) is 26.8 Å². The predicted octanol–water partition coefficient (Wildman–Crippen LogP) is 8.81. The fourth-order valence-electron chi connectivity index (χ4n) is 5.78. The molecule has 0 N–H and O–H groups in total. The molecule has 0 unspecified atom stereocenters. The van der Waals surface area contributed by atoms with Gasteiger partial charge in [0.1, 0.15) is 11.2 Å². The van der Waals surface area contributed by atoms with Crippen LogP contribution in [0.3, 0.4) is 0 Å². The molecule has 9 aromatic rings. The first-order chi connectivity index (χ1) is 20.3. The molecule has 4 heterocycles. The number of aromatic nitrogens is 5. The van der Waals surface area contributed by atoms with Crippen LogP contribution < -0.4 is 0 Å². The van der Waals surface area contributed by atoms with Crippen LogP contribution in [0.15, 0.2) is 119 Å². The van der Waals surface area contributed by atoms with Gasteiger partial charge in [0.2, 0.25) is 5.95 Å². The van der Waals surface area contributed by atoms with Gasteiger partial charge in [-0.2, -0.15) is 9.97 Å². The lowest BCUT2D eigenvalue weighted by Crippen LogP contribution is -2.06. The molecule has 9 rings (SSSR count). The van der Waals surface area contributed by atoms with E-state index in [1.54, 1.807) is 11.3 Å². The summed E-state index contributed by atoms with van der Waals surface area (Å²) in [6, 6.07) is 37.1. The summed E-state index contributed by atoms with van der Waals surface area (Å²) in [5.74, 6) is 1.75. The predicted molar refractivity (Wildman–Crippen MR) is 165 cm³/mol. The van der Waals surface area contributed by atoms with Crippen LogP contribution in [0.2, 0.25) is 0 Å². The Morgan fingerprint density at radius 3 is 2.12 bits per heavy atom. The minimum absolute atomic E-state index is 0.564. The molecule has 0 amide bonds. The van der Waals surface area contributed by atoms with Gasteiger partial charge in [-0.3, -0.25) is 4.57 Å². The Morgan fingerprint density at radius 2 is 1.29 bits per heavy atom. The minimum Gasteiger partial charge on any atom is -0.456 e. The number of hydrogen-bond donors (Lipinski definition) is 0. The highest BCUT2D eigenvalue weighted by Crippen LogP contribution is 2.35. The average molecular weight is 546 g/mol. The van der Waals surface area contributed by atoms with E-state index in [9.17, 15) is 0 Å². The van der Waals surface area contributed by atoms with Crippen molar-refractivity contribution in [2.24, 2.45) is 0 Å². The number of benzene rings is 5. The Morgan fingerprint density at radius 1 is 0.585 bits per heavy atom. The first kappa shape index (κ1) is 22.4. The lowest BCUT2D eigenvalue weighted by atomic mass is 10.1. The van der Waals surface area contributed by atoms with Crippen LogP contribution in [-0.2, 0) is 0 Å². The number of para-hydroxylation sites is 3. The highest BCUT2D eigenvalue weighted by molar-refractivity contribution is 7.17. The number of hydrogen-bond acceptors (Lipinski definition) is 6. The van der Waals surface area contributed by atoms with E-state index in [0.717, 1.165) is 65.1 Å². The van der Waals surface area contributed by atoms with Gasteiger partial charge >= 0.3 is 0 Å². The monoisotopic (exact) mass is 545 g/mol. The second-order valence-electron chi connectivity index (χ2n) is 9.97. The van der Waals surface area contributed by atoms with Crippen molar-refractivity contribution in [1.29, 1.82) is 0 Å². The molecular weight excluding hydrogens is 526 g/mol. The molecule has 0 aliphatic rings. The summed E-state index contributed by atoms with van der Waals surface area (Å²) in [5, 5.41) is 4.46. The van der Waals surface area contributed by atoms with Gasteiger partial charge in [-0.15, -0.1) is 11.3 Å². The largest absolute Gasteiger partial charge is 0.456 e. The highest BCUT2D eigenvalue weighted by Gasteiger charge is 2.19. The first-order valence-electron chi connectivity index (χ1n) is 13.3. The molecule has 5 aromatic carbocycles. The van der Waals surface area contributed by atoms with Crippen molar-refractivity contribution in [3.05, 3.63) is 115 Å². The van der Waals surface area contributed by atoms with Crippen LogP contribution in [0.5, 0.6) is 0 Å². The van der Waals surface area contributed by atoms with Gasteiger partial charge < -0.3 is 4.42 Å². The molecule has 0 saturated carbocycles. The molecule has 0 aliphatic carbocycles. The van der Waals surface area contributed by atoms with Crippen LogP contribution in [0.25, 0.3) is 82.7 Å². The molecule has 0 saturated heterocycles. The third kappa shape index (κ3) is 3.36. The Kier molecular flexibility index (Phi) is 4.67. The standard InChI is InChI=1S/C34H19N5OS/c1-4-13-27-21(8-1)22-9-2-5-14-28(22)39(27)34-37-32(36-33(38-34)25-11-7-12-26-31(25)41-19-35-26)20-16-17-24-23-10-3-6-15-29(23)40-30(24)18-20/h1-19H. The van der Waals surface area contributed by atoms with Crippen molar-refractivity contribution in [2.45, 2.75) is 0 Å². The third-order valence-electron chi connectivity index (χ3n) is 7.64. The SMILES string of the molecule is c1cc(-c2nc(-c3ccc4c(c3)oc3ccccc34)nc(-n3c4ccccc4c4ccccc43)n2)c2scnc2c1. The van der Waals surface area contributed by atoms with Gasteiger partial charge in [0.15, 0.2) is 11.6 Å². The summed E-state index contributed by atoms with van der Waals surface area (Å²) < 4.78 is 9.39. The molecule has 0 spiro atoms. The highest BCUT2D eigenvalue weighted by atomic mass is 32.1. The maximum absolute atomic E-state index is 6.21.